The van der Waals surface area contributed by atoms with Crippen LogP contribution < -0.4 is 5.32 Å². The minimum absolute atomic E-state index is 0.0417. The average molecular weight is 302 g/mol. The first-order valence-corrected chi connectivity index (χ1v) is 6.66. The molecule has 0 spiro atoms. The summed E-state index contributed by atoms with van der Waals surface area (Å²) in [7, 11) is 0. The number of carbonyl (C=O) groups is 1. The number of carbonyl (C=O) groups excluding carboxylic acids is 1. The quantitative estimate of drug-likeness (QED) is 0.861. The van der Waals surface area contributed by atoms with Crippen molar-refractivity contribution in [1.82, 2.24) is 5.32 Å². The molecule has 0 fully saturated rings. The molecule has 0 aromatic heterocycles. The molecule has 3 heteroatoms. The largest absolute Gasteiger partial charge is 0.345 e. The minimum Gasteiger partial charge on any atom is -0.345 e. The average Bonchev–Trinajstić information content (AvgIpc) is 2.37. The third kappa shape index (κ3) is 2.06. The lowest BCUT2D eigenvalue weighted by molar-refractivity contribution is -0.121. The lowest BCUT2D eigenvalue weighted by atomic mass is 9.90. The number of nitrogens with one attached hydrogen (secondary N) is 1. The summed E-state index contributed by atoms with van der Waals surface area (Å²) in [5, 5.41) is 3.06. The highest BCUT2D eigenvalue weighted by Gasteiger charge is 2.25. The van der Waals surface area contributed by atoms with Crippen LogP contribution >= 0.6 is 15.9 Å². The lowest BCUT2D eigenvalue weighted by Gasteiger charge is -2.27. The van der Waals surface area contributed by atoms with Crippen molar-refractivity contribution in [3.8, 4) is 0 Å². The van der Waals surface area contributed by atoms with Crippen molar-refractivity contribution in [3.63, 3.8) is 0 Å². The second-order valence-electron chi connectivity index (χ2n) is 4.43. The molecule has 1 atom stereocenters. The van der Waals surface area contributed by atoms with Gasteiger partial charge in [-0.2, -0.15) is 0 Å². The molecule has 1 aliphatic rings. The Labute approximate surface area is 114 Å². The maximum atomic E-state index is 11.8. The Hall–Kier alpha value is -1.61. The lowest BCUT2D eigenvalue weighted by Crippen LogP contribution is -2.35. The van der Waals surface area contributed by atoms with Crippen molar-refractivity contribution >= 4 is 21.8 Å². The summed E-state index contributed by atoms with van der Waals surface area (Å²) in [4.78, 5) is 11.8. The van der Waals surface area contributed by atoms with Crippen LogP contribution in [-0.4, -0.2) is 5.91 Å². The molecule has 1 amide bonds. The Kier molecular flexibility index (Phi) is 2.92. The Morgan fingerprint density at radius 1 is 1.11 bits per heavy atom. The number of hydrogen-bond donors (Lipinski definition) is 1. The van der Waals surface area contributed by atoms with Gasteiger partial charge in [-0.25, -0.2) is 0 Å². The number of amides is 1. The van der Waals surface area contributed by atoms with Gasteiger partial charge in [0.05, 0.1) is 12.5 Å². The number of rotatable bonds is 1. The van der Waals surface area contributed by atoms with Gasteiger partial charge < -0.3 is 5.32 Å². The van der Waals surface area contributed by atoms with E-state index >= 15 is 0 Å². The van der Waals surface area contributed by atoms with E-state index in [4.69, 9.17) is 0 Å². The molecule has 3 rings (SSSR count). The molecule has 90 valence electrons. The Balaban J connectivity index is 2.10. The molecule has 18 heavy (non-hydrogen) atoms. The second kappa shape index (κ2) is 4.58. The predicted octanol–water partition coefficient (Wildman–Crippen LogP) is 3.21. The van der Waals surface area contributed by atoms with E-state index in [0.29, 0.717) is 6.42 Å². The molecule has 2 aromatic rings. The van der Waals surface area contributed by atoms with E-state index in [9.17, 15) is 4.79 Å². The Morgan fingerprint density at radius 2 is 1.94 bits per heavy atom. The summed E-state index contributed by atoms with van der Waals surface area (Å²) in [6.45, 7) is 0. The zero-order valence-corrected chi connectivity index (χ0v) is 11.3. The van der Waals surface area contributed by atoms with E-state index < -0.39 is 0 Å². The number of halogens is 1. The first-order valence-electron chi connectivity index (χ1n) is 5.86. The number of hydrogen-bond acceptors (Lipinski definition) is 1. The highest BCUT2D eigenvalue weighted by molar-refractivity contribution is 9.10. The summed E-state index contributed by atoms with van der Waals surface area (Å²) in [5.41, 5.74) is 3.41. The molecule has 0 radical (unpaired) electrons. The Morgan fingerprint density at radius 3 is 2.78 bits per heavy atom. The molecule has 0 saturated heterocycles. The zero-order chi connectivity index (χ0) is 12.5. The van der Waals surface area contributed by atoms with Crippen molar-refractivity contribution < 1.29 is 4.79 Å². The zero-order valence-electron chi connectivity index (χ0n) is 9.69. The van der Waals surface area contributed by atoms with Crippen LogP contribution in [0.5, 0.6) is 0 Å². The smallest absolute Gasteiger partial charge is 0.225 e. The van der Waals surface area contributed by atoms with Crippen LogP contribution in [0.15, 0.2) is 53.0 Å². The first-order chi connectivity index (χ1) is 8.74. The summed E-state index contributed by atoms with van der Waals surface area (Å²) in [6, 6.07) is 16.1. The molecular weight excluding hydrogens is 290 g/mol. The molecule has 1 heterocycles. The van der Waals surface area contributed by atoms with Gasteiger partial charge in [-0.15, -0.1) is 0 Å². The summed E-state index contributed by atoms with van der Waals surface area (Å²) >= 11 is 3.47. The third-order valence-corrected chi connectivity index (χ3v) is 3.70. The summed E-state index contributed by atoms with van der Waals surface area (Å²) < 4.78 is 1.03. The predicted molar refractivity (Wildman–Crippen MR) is 74.3 cm³/mol. The minimum atomic E-state index is -0.0417. The molecular formula is C15H12BrNO. The van der Waals surface area contributed by atoms with Crippen molar-refractivity contribution in [3.05, 3.63) is 69.7 Å². The standard InChI is InChI=1S/C15H12BrNO/c16-12-6-3-5-11(8-12)15-13-7-2-1-4-10(13)9-14(18)17-15/h1-8,15H,9H2,(H,17,18)/t15-/m0/s1. The van der Waals surface area contributed by atoms with Crippen LogP contribution in [0.25, 0.3) is 0 Å². The van der Waals surface area contributed by atoms with Gasteiger partial charge in [0.15, 0.2) is 0 Å². The first kappa shape index (κ1) is 11.5. The van der Waals surface area contributed by atoms with Crippen molar-refractivity contribution in [2.75, 3.05) is 0 Å². The maximum Gasteiger partial charge on any atom is 0.225 e. The molecule has 1 aliphatic heterocycles. The van der Waals surface area contributed by atoms with Gasteiger partial charge in [-0.05, 0) is 28.8 Å². The van der Waals surface area contributed by atoms with Crippen molar-refractivity contribution in [2.45, 2.75) is 12.5 Å². The van der Waals surface area contributed by atoms with E-state index in [1.54, 1.807) is 0 Å². The second-order valence-corrected chi connectivity index (χ2v) is 5.35. The van der Waals surface area contributed by atoms with E-state index in [1.165, 1.54) is 5.56 Å². The van der Waals surface area contributed by atoms with Gasteiger partial charge in [0.25, 0.3) is 0 Å². The monoisotopic (exact) mass is 301 g/mol. The maximum absolute atomic E-state index is 11.8. The molecule has 2 aromatic carbocycles. The van der Waals surface area contributed by atoms with E-state index in [2.05, 4.69) is 27.3 Å². The van der Waals surface area contributed by atoms with Crippen LogP contribution in [0.3, 0.4) is 0 Å². The fourth-order valence-electron chi connectivity index (χ4n) is 2.39. The summed E-state index contributed by atoms with van der Waals surface area (Å²) in [6.07, 6.45) is 0.473. The molecule has 1 N–H and O–H groups in total. The SMILES string of the molecule is O=C1Cc2ccccc2[C@H](c2cccc(Br)c2)N1. The topological polar surface area (TPSA) is 29.1 Å². The van der Waals surface area contributed by atoms with E-state index in [1.807, 2.05) is 42.5 Å². The third-order valence-electron chi connectivity index (χ3n) is 3.20. The Bertz CT molecular complexity index is 609. The van der Waals surface area contributed by atoms with Gasteiger partial charge in [-0.1, -0.05) is 52.3 Å². The van der Waals surface area contributed by atoms with E-state index in [0.717, 1.165) is 15.6 Å². The summed E-state index contributed by atoms with van der Waals surface area (Å²) in [5.74, 6) is 0.0821. The van der Waals surface area contributed by atoms with Gasteiger partial charge >= 0.3 is 0 Å². The number of benzene rings is 2. The number of fused-ring (bicyclic) bond motifs is 1. The highest BCUT2D eigenvalue weighted by Crippen LogP contribution is 2.30. The normalized spacial score (nSPS) is 18.1. The van der Waals surface area contributed by atoms with E-state index in [-0.39, 0.29) is 11.9 Å². The van der Waals surface area contributed by atoms with Gasteiger partial charge in [0, 0.05) is 4.47 Å². The van der Waals surface area contributed by atoms with Crippen molar-refractivity contribution in [2.24, 2.45) is 0 Å². The van der Waals surface area contributed by atoms with Crippen molar-refractivity contribution in [1.29, 1.82) is 0 Å². The highest BCUT2D eigenvalue weighted by atomic mass is 79.9. The van der Waals surface area contributed by atoms with Gasteiger partial charge in [-0.3, -0.25) is 4.79 Å². The van der Waals surface area contributed by atoms with Gasteiger partial charge in [0.2, 0.25) is 5.91 Å². The molecule has 0 bridgehead atoms. The molecule has 0 saturated carbocycles. The van der Waals surface area contributed by atoms with Gasteiger partial charge in [0.1, 0.15) is 0 Å². The van der Waals surface area contributed by atoms with Crippen LogP contribution in [0.2, 0.25) is 0 Å². The molecule has 0 unspecified atom stereocenters. The fraction of sp³-hybridized carbons (Fsp3) is 0.133. The van der Waals surface area contributed by atoms with Crippen LogP contribution in [0.4, 0.5) is 0 Å². The molecule has 0 aliphatic carbocycles. The molecule has 2 nitrogen and oxygen atoms in total. The van der Waals surface area contributed by atoms with Crippen LogP contribution in [0.1, 0.15) is 22.7 Å². The van der Waals surface area contributed by atoms with Crippen LogP contribution in [0, 0.1) is 0 Å². The van der Waals surface area contributed by atoms with Crippen LogP contribution in [-0.2, 0) is 11.2 Å². The fourth-order valence-corrected chi connectivity index (χ4v) is 2.81.